The van der Waals surface area contributed by atoms with Gasteiger partial charge in [-0.3, -0.25) is 0 Å². The average molecular weight is 347 g/mol. The van der Waals surface area contributed by atoms with E-state index < -0.39 is 0 Å². The molecule has 2 fully saturated rings. The number of para-hydroxylation sites is 1. The van der Waals surface area contributed by atoms with Gasteiger partial charge in [0.1, 0.15) is 5.75 Å². The third-order valence-electron chi connectivity index (χ3n) is 5.96. The number of piperidine rings is 1. The first-order chi connectivity index (χ1) is 12.3. The van der Waals surface area contributed by atoms with Crippen molar-refractivity contribution in [3.63, 3.8) is 0 Å². The quantitative estimate of drug-likeness (QED) is 0.758. The molecule has 2 aliphatic heterocycles. The maximum atomic E-state index is 5.49. The summed E-state index contributed by atoms with van der Waals surface area (Å²) in [6, 6.07) is 9.14. The predicted molar refractivity (Wildman–Crippen MR) is 102 cm³/mol. The summed E-state index contributed by atoms with van der Waals surface area (Å²) in [5.74, 6) is 1.88. The Balaban J connectivity index is 1.38. The van der Waals surface area contributed by atoms with Gasteiger partial charge in [0.25, 0.3) is 0 Å². The van der Waals surface area contributed by atoms with Crippen LogP contribution in [-0.4, -0.2) is 69.4 Å². The van der Waals surface area contributed by atoms with E-state index in [-0.39, 0.29) is 0 Å². The SMILES string of the molecule is COc1ccccc1CCN1CCC(CN(C)C2CCOCC2)CC1. The van der Waals surface area contributed by atoms with Gasteiger partial charge in [-0.05, 0) is 69.8 Å². The topological polar surface area (TPSA) is 24.9 Å². The van der Waals surface area contributed by atoms with Crippen LogP contribution in [0.15, 0.2) is 24.3 Å². The Labute approximate surface area is 153 Å². The van der Waals surface area contributed by atoms with Crippen LogP contribution >= 0.6 is 0 Å². The van der Waals surface area contributed by atoms with Crippen molar-refractivity contribution in [2.24, 2.45) is 5.92 Å². The molecule has 0 saturated carbocycles. The van der Waals surface area contributed by atoms with Gasteiger partial charge < -0.3 is 19.3 Å². The van der Waals surface area contributed by atoms with Gasteiger partial charge in [-0.15, -0.1) is 0 Å². The van der Waals surface area contributed by atoms with Crippen molar-refractivity contribution in [3.05, 3.63) is 29.8 Å². The average Bonchev–Trinajstić information content (AvgIpc) is 2.68. The standard InChI is InChI=1S/C21H34N2O2/c1-22(20-10-15-25-16-11-20)17-18-7-12-23(13-8-18)14-9-19-5-3-4-6-21(19)24-2/h3-6,18,20H,7-17H2,1-2H3. The van der Waals surface area contributed by atoms with Gasteiger partial charge in [-0.25, -0.2) is 0 Å². The summed E-state index contributed by atoms with van der Waals surface area (Å²) in [7, 11) is 4.07. The van der Waals surface area contributed by atoms with Crippen molar-refractivity contribution in [1.82, 2.24) is 9.80 Å². The Morgan fingerprint density at radius 3 is 2.56 bits per heavy atom. The second kappa shape index (κ2) is 9.56. The number of benzene rings is 1. The molecule has 25 heavy (non-hydrogen) atoms. The molecular formula is C21H34N2O2. The molecule has 0 aliphatic carbocycles. The second-order valence-corrected chi connectivity index (χ2v) is 7.63. The number of hydrogen-bond acceptors (Lipinski definition) is 4. The van der Waals surface area contributed by atoms with Gasteiger partial charge in [0, 0.05) is 32.3 Å². The molecule has 0 amide bonds. The molecule has 0 spiro atoms. The first kappa shape index (κ1) is 18.7. The minimum Gasteiger partial charge on any atom is -0.496 e. The van der Waals surface area contributed by atoms with Gasteiger partial charge in [-0.1, -0.05) is 18.2 Å². The van der Waals surface area contributed by atoms with Crippen LogP contribution in [0.5, 0.6) is 5.75 Å². The molecule has 2 aliphatic rings. The zero-order chi connectivity index (χ0) is 17.5. The highest BCUT2D eigenvalue weighted by atomic mass is 16.5. The number of likely N-dealkylation sites (tertiary alicyclic amines) is 1. The highest BCUT2D eigenvalue weighted by Crippen LogP contribution is 2.23. The summed E-state index contributed by atoms with van der Waals surface area (Å²) < 4.78 is 11.0. The van der Waals surface area contributed by atoms with Crippen molar-refractivity contribution in [2.45, 2.75) is 38.1 Å². The molecule has 0 N–H and O–H groups in total. The Morgan fingerprint density at radius 1 is 1.12 bits per heavy atom. The van der Waals surface area contributed by atoms with Crippen LogP contribution in [0.4, 0.5) is 0 Å². The van der Waals surface area contributed by atoms with Crippen LogP contribution in [0, 0.1) is 5.92 Å². The van der Waals surface area contributed by atoms with E-state index in [0.29, 0.717) is 0 Å². The number of methoxy groups -OCH3 is 1. The molecule has 3 rings (SSSR count). The van der Waals surface area contributed by atoms with Crippen LogP contribution in [0.3, 0.4) is 0 Å². The number of rotatable bonds is 7. The van der Waals surface area contributed by atoms with Gasteiger partial charge in [0.15, 0.2) is 0 Å². The number of nitrogens with zero attached hydrogens (tertiary/aromatic N) is 2. The lowest BCUT2D eigenvalue weighted by molar-refractivity contribution is 0.0336. The van der Waals surface area contributed by atoms with E-state index in [0.717, 1.165) is 43.9 Å². The molecular weight excluding hydrogens is 312 g/mol. The van der Waals surface area contributed by atoms with Crippen molar-refractivity contribution < 1.29 is 9.47 Å². The second-order valence-electron chi connectivity index (χ2n) is 7.63. The first-order valence-electron chi connectivity index (χ1n) is 9.88. The van der Waals surface area contributed by atoms with E-state index in [2.05, 4.69) is 35.0 Å². The maximum Gasteiger partial charge on any atom is 0.122 e. The van der Waals surface area contributed by atoms with Crippen molar-refractivity contribution >= 4 is 0 Å². The zero-order valence-corrected chi connectivity index (χ0v) is 16.0. The third kappa shape index (κ3) is 5.44. The maximum absolute atomic E-state index is 5.49. The fourth-order valence-corrected chi connectivity index (χ4v) is 4.26. The summed E-state index contributed by atoms with van der Waals surface area (Å²) >= 11 is 0. The van der Waals surface area contributed by atoms with E-state index in [9.17, 15) is 0 Å². The van der Waals surface area contributed by atoms with Crippen molar-refractivity contribution in [3.8, 4) is 5.75 Å². The highest BCUT2D eigenvalue weighted by Gasteiger charge is 2.24. The van der Waals surface area contributed by atoms with E-state index in [1.165, 1.54) is 50.9 Å². The fraction of sp³-hybridized carbons (Fsp3) is 0.714. The van der Waals surface area contributed by atoms with Crippen LogP contribution in [0.2, 0.25) is 0 Å². The summed E-state index contributed by atoms with van der Waals surface area (Å²) in [5.41, 5.74) is 1.33. The van der Waals surface area contributed by atoms with E-state index in [1.54, 1.807) is 7.11 Å². The number of ether oxygens (including phenoxy) is 2. The minimum absolute atomic E-state index is 0.734. The smallest absolute Gasteiger partial charge is 0.122 e. The first-order valence-corrected chi connectivity index (χ1v) is 9.88. The van der Waals surface area contributed by atoms with Crippen molar-refractivity contribution in [1.29, 1.82) is 0 Å². The molecule has 2 heterocycles. The fourth-order valence-electron chi connectivity index (χ4n) is 4.26. The molecule has 0 atom stereocenters. The lowest BCUT2D eigenvalue weighted by Gasteiger charge is -2.37. The summed E-state index contributed by atoms with van der Waals surface area (Å²) in [6.45, 7) is 6.75. The molecule has 2 saturated heterocycles. The van der Waals surface area contributed by atoms with Crippen LogP contribution in [0.25, 0.3) is 0 Å². The summed E-state index contributed by atoms with van der Waals surface area (Å²) in [4.78, 5) is 5.22. The Bertz CT molecular complexity index is 508. The van der Waals surface area contributed by atoms with Crippen LogP contribution < -0.4 is 4.74 Å². The normalized spacial score (nSPS) is 20.9. The van der Waals surface area contributed by atoms with Crippen LogP contribution in [0.1, 0.15) is 31.2 Å². The van der Waals surface area contributed by atoms with Gasteiger partial charge in [-0.2, -0.15) is 0 Å². The zero-order valence-electron chi connectivity index (χ0n) is 16.0. The highest BCUT2D eigenvalue weighted by molar-refractivity contribution is 5.33. The predicted octanol–water partition coefficient (Wildman–Crippen LogP) is 3.06. The lowest BCUT2D eigenvalue weighted by atomic mass is 9.94. The molecule has 140 valence electrons. The van der Waals surface area contributed by atoms with Gasteiger partial charge in [0.05, 0.1) is 7.11 Å². The Morgan fingerprint density at radius 2 is 1.84 bits per heavy atom. The number of hydrogen-bond donors (Lipinski definition) is 0. The van der Waals surface area contributed by atoms with E-state index >= 15 is 0 Å². The Hall–Kier alpha value is -1.10. The lowest BCUT2D eigenvalue weighted by Crippen LogP contribution is -2.43. The molecule has 4 heteroatoms. The minimum atomic E-state index is 0.734. The van der Waals surface area contributed by atoms with Gasteiger partial charge >= 0.3 is 0 Å². The third-order valence-corrected chi connectivity index (χ3v) is 5.96. The molecule has 1 aromatic rings. The molecule has 4 nitrogen and oxygen atoms in total. The molecule has 0 unspecified atom stereocenters. The molecule has 0 radical (unpaired) electrons. The summed E-state index contributed by atoms with van der Waals surface area (Å²) in [6.07, 6.45) is 6.15. The van der Waals surface area contributed by atoms with Crippen molar-refractivity contribution in [2.75, 3.05) is 53.6 Å². The molecule has 0 aromatic heterocycles. The molecule has 1 aromatic carbocycles. The Kier molecular flexibility index (Phi) is 7.14. The van der Waals surface area contributed by atoms with E-state index in [1.807, 2.05) is 6.07 Å². The van der Waals surface area contributed by atoms with Gasteiger partial charge in [0.2, 0.25) is 0 Å². The summed E-state index contributed by atoms with van der Waals surface area (Å²) in [5, 5.41) is 0. The largest absolute Gasteiger partial charge is 0.496 e. The molecule has 0 bridgehead atoms. The van der Waals surface area contributed by atoms with Crippen LogP contribution in [-0.2, 0) is 11.2 Å². The monoisotopic (exact) mass is 346 g/mol. The van der Waals surface area contributed by atoms with E-state index in [4.69, 9.17) is 9.47 Å².